The van der Waals surface area contributed by atoms with Crippen LogP contribution in [-0.2, 0) is 0 Å². The fraction of sp³-hybridized carbons (Fsp3) is 0.200. The number of nitrogens with two attached hydrogens (primary N) is 1. The molecule has 1 amide bonds. The van der Waals surface area contributed by atoms with Gasteiger partial charge >= 0.3 is 5.97 Å². The molecular formula is C10H9I3N2O6. The zero-order valence-electron chi connectivity index (χ0n) is 10.0. The van der Waals surface area contributed by atoms with Crippen LogP contribution in [0.1, 0.15) is 20.7 Å². The third kappa shape index (κ3) is 4.50. The number of hydrogen-bond acceptors (Lipinski definition) is 6. The van der Waals surface area contributed by atoms with Gasteiger partial charge in [-0.25, -0.2) is 4.79 Å². The van der Waals surface area contributed by atoms with E-state index in [1.54, 1.807) is 67.8 Å². The average molecular weight is 634 g/mol. The lowest BCUT2D eigenvalue weighted by Crippen LogP contribution is -2.43. The van der Waals surface area contributed by atoms with Crippen molar-refractivity contribution in [1.29, 1.82) is 0 Å². The van der Waals surface area contributed by atoms with Crippen LogP contribution in [0.4, 0.5) is 5.69 Å². The monoisotopic (exact) mass is 634 g/mol. The smallest absolute Gasteiger partial charge is 0.337 e. The molecule has 0 saturated carbocycles. The van der Waals surface area contributed by atoms with Crippen molar-refractivity contribution in [3.8, 4) is 0 Å². The van der Waals surface area contributed by atoms with Crippen molar-refractivity contribution in [2.75, 3.05) is 12.3 Å². The number of aromatic carboxylic acids is 1. The SMILES string of the molecule is Nc1c(I)c(C(=O)O)c(I)c(C(=O)NCC(O)(O)O)c1I. The Bertz CT molecular complexity index is 614. The summed E-state index contributed by atoms with van der Waals surface area (Å²) >= 11 is 5.28. The van der Waals surface area contributed by atoms with Gasteiger partial charge in [-0.2, -0.15) is 0 Å². The van der Waals surface area contributed by atoms with Crippen LogP contribution in [0.2, 0.25) is 0 Å². The van der Waals surface area contributed by atoms with Gasteiger partial charge in [0.1, 0.15) is 0 Å². The molecule has 0 bridgehead atoms. The Labute approximate surface area is 159 Å². The van der Waals surface area contributed by atoms with Crippen LogP contribution in [-0.4, -0.2) is 44.8 Å². The normalized spacial score (nSPS) is 11.3. The molecule has 1 aromatic carbocycles. The third-order valence-electron chi connectivity index (χ3n) is 2.28. The van der Waals surface area contributed by atoms with Gasteiger partial charge in [-0.05, 0) is 67.8 Å². The number of amides is 1. The number of nitrogens with one attached hydrogen (secondary N) is 1. The molecule has 0 aromatic heterocycles. The van der Waals surface area contributed by atoms with E-state index < -0.39 is 24.4 Å². The maximum atomic E-state index is 12.1. The van der Waals surface area contributed by atoms with Crippen LogP contribution in [0.5, 0.6) is 0 Å². The highest BCUT2D eigenvalue weighted by Gasteiger charge is 2.28. The van der Waals surface area contributed by atoms with Crippen molar-refractivity contribution in [3.05, 3.63) is 21.8 Å². The number of carbonyl (C=O) groups is 2. The summed E-state index contributed by atoms with van der Waals surface area (Å²) in [6.45, 7) is -0.841. The molecule has 0 aliphatic heterocycles. The number of hydrogen-bond donors (Lipinski definition) is 6. The topological polar surface area (TPSA) is 153 Å². The van der Waals surface area contributed by atoms with Crippen molar-refractivity contribution in [3.63, 3.8) is 0 Å². The van der Waals surface area contributed by atoms with Crippen molar-refractivity contribution in [1.82, 2.24) is 5.32 Å². The maximum absolute atomic E-state index is 12.1. The minimum atomic E-state index is -3.06. The van der Waals surface area contributed by atoms with Crippen molar-refractivity contribution >= 4 is 85.3 Å². The molecule has 0 aliphatic rings. The molecule has 8 nitrogen and oxygen atoms in total. The lowest BCUT2D eigenvalue weighted by atomic mass is 10.1. The average Bonchev–Trinajstić information content (AvgIpc) is 2.32. The summed E-state index contributed by atoms with van der Waals surface area (Å²) in [6.07, 6.45) is 0. The van der Waals surface area contributed by atoms with Crippen LogP contribution >= 0.6 is 67.8 Å². The number of rotatable bonds is 4. The van der Waals surface area contributed by atoms with Crippen LogP contribution in [0.15, 0.2) is 0 Å². The molecule has 1 rings (SSSR count). The number of carboxylic acids is 1. The van der Waals surface area contributed by atoms with Gasteiger partial charge in [-0.1, -0.05) is 0 Å². The van der Waals surface area contributed by atoms with Crippen molar-refractivity contribution < 1.29 is 30.0 Å². The highest BCUT2D eigenvalue weighted by molar-refractivity contribution is 14.1. The minimum absolute atomic E-state index is 0.00392. The molecule has 0 atom stereocenters. The lowest BCUT2D eigenvalue weighted by Gasteiger charge is -2.17. The van der Waals surface area contributed by atoms with Gasteiger partial charge < -0.3 is 31.5 Å². The molecule has 1 aromatic rings. The highest BCUT2D eigenvalue weighted by atomic mass is 127. The molecule has 0 fully saturated rings. The first kappa shape index (κ1) is 19.1. The Hall–Kier alpha value is 0.0300. The van der Waals surface area contributed by atoms with E-state index in [0.717, 1.165) is 0 Å². The van der Waals surface area contributed by atoms with Crippen LogP contribution in [0.25, 0.3) is 0 Å². The Kier molecular flexibility index (Phi) is 6.42. The molecule has 11 heteroatoms. The van der Waals surface area contributed by atoms with E-state index in [1.807, 2.05) is 0 Å². The first-order valence-electron chi connectivity index (χ1n) is 5.12. The number of carboxylic acid groups (broad SMARTS) is 1. The second-order valence-electron chi connectivity index (χ2n) is 3.87. The van der Waals surface area contributed by atoms with E-state index in [4.69, 9.17) is 21.1 Å². The summed E-state index contributed by atoms with van der Waals surface area (Å²) in [4.78, 5) is 23.3. The number of carbonyl (C=O) groups excluding carboxylic acids is 1. The van der Waals surface area contributed by atoms with Gasteiger partial charge in [0.2, 0.25) is 0 Å². The Balaban J connectivity index is 3.36. The number of aliphatic hydroxyl groups is 3. The fourth-order valence-corrected chi connectivity index (χ4v) is 5.48. The van der Waals surface area contributed by atoms with Crippen LogP contribution in [0, 0.1) is 10.7 Å². The van der Waals surface area contributed by atoms with Gasteiger partial charge in [0, 0.05) is 3.57 Å². The van der Waals surface area contributed by atoms with Crippen molar-refractivity contribution in [2.45, 2.75) is 5.97 Å². The first-order chi connectivity index (χ1) is 9.47. The zero-order chi connectivity index (χ0) is 16.5. The predicted octanol–water partition coefficient (Wildman–Crippen LogP) is 0.141. The van der Waals surface area contributed by atoms with E-state index >= 15 is 0 Å². The number of nitrogen functional groups attached to an aromatic ring is 1. The number of anilines is 1. The molecular weight excluding hydrogens is 625 g/mol. The summed E-state index contributed by atoms with van der Waals surface area (Å²) < 4.78 is 0.814. The molecule has 116 valence electrons. The standard InChI is InChI=1S/C10H9I3N2O6/c11-4-2(8(16)15-1-10(19,20)21)5(12)7(14)6(13)3(4)9(17)18/h19-21H,1,14H2,(H,15,16)(H,17,18). The van der Waals surface area contributed by atoms with E-state index in [-0.39, 0.29) is 20.4 Å². The summed E-state index contributed by atoms with van der Waals surface area (Å²) in [5.74, 6) is -5.07. The van der Waals surface area contributed by atoms with E-state index in [9.17, 15) is 14.7 Å². The van der Waals surface area contributed by atoms with Gasteiger partial charge in [0.25, 0.3) is 11.9 Å². The molecule has 0 saturated heterocycles. The first-order valence-corrected chi connectivity index (χ1v) is 8.35. The van der Waals surface area contributed by atoms with E-state index in [0.29, 0.717) is 7.14 Å². The Morgan fingerprint density at radius 2 is 1.52 bits per heavy atom. The molecule has 0 heterocycles. The highest BCUT2D eigenvalue weighted by Crippen LogP contribution is 2.33. The Morgan fingerprint density at radius 1 is 1.05 bits per heavy atom. The summed E-state index contributed by atoms with van der Waals surface area (Å²) in [5, 5.41) is 37.6. The molecule has 7 N–H and O–H groups in total. The second-order valence-corrected chi connectivity index (χ2v) is 7.10. The Morgan fingerprint density at radius 3 is 1.95 bits per heavy atom. The summed E-state index contributed by atoms with van der Waals surface area (Å²) in [7, 11) is 0. The third-order valence-corrected chi connectivity index (χ3v) is 5.60. The van der Waals surface area contributed by atoms with E-state index in [1.165, 1.54) is 0 Å². The van der Waals surface area contributed by atoms with Gasteiger partial charge in [0.05, 0.1) is 30.5 Å². The second kappa shape index (κ2) is 7.07. The largest absolute Gasteiger partial charge is 0.478 e. The quantitative estimate of drug-likeness (QED) is 0.157. The van der Waals surface area contributed by atoms with Crippen LogP contribution in [0.3, 0.4) is 0 Å². The maximum Gasteiger partial charge on any atom is 0.337 e. The molecule has 0 unspecified atom stereocenters. The predicted molar refractivity (Wildman–Crippen MR) is 97.7 cm³/mol. The van der Waals surface area contributed by atoms with Gasteiger partial charge in [0.15, 0.2) is 0 Å². The number of halogens is 3. The fourth-order valence-electron chi connectivity index (χ4n) is 1.36. The minimum Gasteiger partial charge on any atom is -0.478 e. The van der Waals surface area contributed by atoms with Crippen molar-refractivity contribution in [2.24, 2.45) is 0 Å². The molecule has 0 radical (unpaired) electrons. The van der Waals surface area contributed by atoms with E-state index in [2.05, 4.69) is 5.32 Å². The van der Waals surface area contributed by atoms with Gasteiger partial charge in [-0.3, -0.25) is 4.79 Å². The zero-order valence-corrected chi connectivity index (χ0v) is 16.5. The molecule has 0 aliphatic carbocycles. The molecule has 21 heavy (non-hydrogen) atoms. The van der Waals surface area contributed by atoms with Crippen LogP contribution < -0.4 is 11.1 Å². The molecule has 0 spiro atoms. The van der Waals surface area contributed by atoms with Gasteiger partial charge in [-0.15, -0.1) is 0 Å². The number of benzene rings is 1. The summed E-state index contributed by atoms with van der Waals surface area (Å²) in [5.41, 5.74) is 5.83. The lowest BCUT2D eigenvalue weighted by molar-refractivity contribution is -0.305. The summed E-state index contributed by atoms with van der Waals surface area (Å²) in [6, 6.07) is 0.